The third-order valence-electron chi connectivity index (χ3n) is 2.95. The van der Waals surface area contributed by atoms with E-state index in [0.717, 1.165) is 28.6 Å². The summed E-state index contributed by atoms with van der Waals surface area (Å²) >= 11 is 3.42. The Bertz CT molecular complexity index is 647. The van der Waals surface area contributed by atoms with E-state index in [-0.39, 0.29) is 5.75 Å². The van der Waals surface area contributed by atoms with Crippen LogP contribution in [0.15, 0.2) is 22.7 Å². The number of aryl methyl sites for hydroxylation is 1. The third-order valence-corrected chi connectivity index (χ3v) is 3.81. The van der Waals surface area contributed by atoms with Crippen molar-refractivity contribution in [2.75, 3.05) is 12.3 Å². The normalized spacial score (nSPS) is 10.6. The summed E-state index contributed by atoms with van der Waals surface area (Å²) in [7, 11) is 0. The average Bonchev–Trinajstić information content (AvgIpc) is 2.46. The summed E-state index contributed by atoms with van der Waals surface area (Å²) in [5.41, 5.74) is 7.57. The van der Waals surface area contributed by atoms with Crippen LogP contribution in [-0.2, 0) is 6.42 Å². The van der Waals surface area contributed by atoms with Crippen molar-refractivity contribution in [3.63, 3.8) is 0 Å². The SMILES string of the molecule is CCCc1nc(-c2ccc(O)c(OCC)c2)nc(N)c1Br. The first-order valence-corrected chi connectivity index (χ1v) is 7.64. The number of phenols is 1. The van der Waals surface area contributed by atoms with Gasteiger partial charge in [-0.25, -0.2) is 9.97 Å². The van der Waals surface area contributed by atoms with Gasteiger partial charge in [-0.15, -0.1) is 0 Å². The van der Waals surface area contributed by atoms with E-state index in [1.807, 2.05) is 6.92 Å². The zero-order valence-corrected chi connectivity index (χ0v) is 13.6. The average molecular weight is 352 g/mol. The van der Waals surface area contributed by atoms with Crippen molar-refractivity contribution in [1.82, 2.24) is 9.97 Å². The van der Waals surface area contributed by atoms with Crippen LogP contribution in [0.5, 0.6) is 11.5 Å². The summed E-state index contributed by atoms with van der Waals surface area (Å²) < 4.78 is 6.13. The molecule has 21 heavy (non-hydrogen) atoms. The number of nitrogen functional groups attached to an aromatic ring is 1. The molecule has 3 N–H and O–H groups in total. The van der Waals surface area contributed by atoms with Gasteiger partial charge in [0.25, 0.3) is 0 Å². The summed E-state index contributed by atoms with van der Waals surface area (Å²) in [4.78, 5) is 8.85. The molecule has 6 heteroatoms. The molecule has 112 valence electrons. The van der Waals surface area contributed by atoms with E-state index in [1.54, 1.807) is 18.2 Å². The monoisotopic (exact) mass is 351 g/mol. The Morgan fingerprint density at radius 1 is 1.29 bits per heavy atom. The Morgan fingerprint density at radius 3 is 2.71 bits per heavy atom. The quantitative estimate of drug-likeness (QED) is 0.860. The number of hydrogen-bond acceptors (Lipinski definition) is 5. The lowest BCUT2D eigenvalue weighted by molar-refractivity contribution is 0.318. The van der Waals surface area contributed by atoms with Crippen LogP contribution in [0.25, 0.3) is 11.4 Å². The van der Waals surface area contributed by atoms with Gasteiger partial charge in [-0.2, -0.15) is 0 Å². The van der Waals surface area contributed by atoms with Crippen LogP contribution in [-0.4, -0.2) is 21.7 Å². The molecule has 1 aromatic carbocycles. The third kappa shape index (κ3) is 3.44. The summed E-state index contributed by atoms with van der Waals surface area (Å²) in [5.74, 6) is 1.45. The second kappa shape index (κ2) is 6.76. The number of benzene rings is 1. The van der Waals surface area contributed by atoms with Gasteiger partial charge < -0.3 is 15.6 Å². The molecule has 5 nitrogen and oxygen atoms in total. The second-order valence-corrected chi connectivity index (χ2v) is 5.35. The first-order valence-electron chi connectivity index (χ1n) is 6.84. The number of halogens is 1. The number of phenolic OH excluding ortho intramolecular Hbond substituents is 1. The Hall–Kier alpha value is -1.82. The fraction of sp³-hybridized carbons (Fsp3) is 0.333. The molecule has 0 spiro atoms. The Balaban J connectivity index is 2.48. The number of ether oxygens (including phenoxy) is 1. The topological polar surface area (TPSA) is 81.3 Å². The molecule has 0 unspecified atom stereocenters. The molecule has 0 aliphatic rings. The van der Waals surface area contributed by atoms with E-state index in [9.17, 15) is 5.11 Å². The first kappa shape index (κ1) is 15.6. The van der Waals surface area contributed by atoms with Crippen LogP contribution in [0, 0.1) is 0 Å². The fourth-order valence-electron chi connectivity index (χ4n) is 1.97. The molecule has 0 saturated heterocycles. The molecule has 1 heterocycles. The molecule has 0 aliphatic carbocycles. The lowest BCUT2D eigenvalue weighted by Crippen LogP contribution is -2.03. The lowest BCUT2D eigenvalue weighted by atomic mass is 10.1. The summed E-state index contributed by atoms with van der Waals surface area (Å²) in [6.45, 7) is 4.42. The molecular formula is C15H18BrN3O2. The van der Waals surface area contributed by atoms with Crippen LogP contribution < -0.4 is 10.5 Å². The number of aromatic nitrogens is 2. The number of hydrogen-bond donors (Lipinski definition) is 2. The van der Waals surface area contributed by atoms with Crippen molar-refractivity contribution < 1.29 is 9.84 Å². The van der Waals surface area contributed by atoms with Gasteiger partial charge in [0.1, 0.15) is 5.82 Å². The van der Waals surface area contributed by atoms with Crippen LogP contribution in [0.4, 0.5) is 5.82 Å². The molecule has 0 saturated carbocycles. The highest BCUT2D eigenvalue weighted by Crippen LogP contribution is 2.32. The van der Waals surface area contributed by atoms with Gasteiger partial charge in [0, 0.05) is 5.56 Å². The molecule has 0 bridgehead atoms. The van der Waals surface area contributed by atoms with Crippen LogP contribution in [0.1, 0.15) is 26.0 Å². The largest absolute Gasteiger partial charge is 0.504 e. The minimum absolute atomic E-state index is 0.0967. The maximum absolute atomic E-state index is 9.75. The van der Waals surface area contributed by atoms with Crippen molar-refractivity contribution in [3.05, 3.63) is 28.4 Å². The fourth-order valence-corrected chi connectivity index (χ4v) is 2.34. The minimum atomic E-state index is 0.0967. The molecular weight excluding hydrogens is 334 g/mol. The molecule has 1 aromatic heterocycles. The highest BCUT2D eigenvalue weighted by atomic mass is 79.9. The highest BCUT2D eigenvalue weighted by Gasteiger charge is 2.13. The van der Waals surface area contributed by atoms with Crippen LogP contribution in [0.3, 0.4) is 0 Å². The standard InChI is InChI=1S/C15H18BrN3O2/c1-3-5-10-13(16)14(17)19-15(18-10)9-6-7-11(20)12(8-9)21-4-2/h6-8,20H,3-5H2,1-2H3,(H2,17,18,19). The summed E-state index contributed by atoms with van der Waals surface area (Å²) in [6.07, 6.45) is 1.78. The smallest absolute Gasteiger partial charge is 0.161 e. The minimum Gasteiger partial charge on any atom is -0.504 e. The van der Waals surface area contributed by atoms with Gasteiger partial charge in [-0.1, -0.05) is 13.3 Å². The second-order valence-electron chi connectivity index (χ2n) is 4.56. The van der Waals surface area contributed by atoms with Gasteiger partial charge >= 0.3 is 0 Å². The number of anilines is 1. The van der Waals surface area contributed by atoms with Crippen molar-refractivity contribution in [3.8, 4) is 22.9 Å². The number of nitrogens with two attached hydrogens (primary N) is 1. The Morgan fingerprint density at radius 2 is 2.05 bits per heavy atom. The molecule has 2 rings (SSSR count). The van der Waals surface area contributed by atoms with Gasteiger partial charge in [0.05, 0.1) is 16.8 Å². The van der Waals surface area contributed by atoms with E-state index in [1.165, 1.54) is 0 Å². The van der Waals surface area contributed by atoms with E-state index >= 15 is 0 Å². The number of nitrogens with zero attached hydrogens (tertiary/aromatic N) is 2. The lowest BCUT2D eigenvalue weighted by Gasteiger charge is -2.10. The predicted octanol–water partition coefficient (Wildman–Crippen LogP) is 3.55. The van der Waals surface area contributed by atoms with Crippen molar-refractivity contribution in [1.29, 1.82) is 0 Å². The van der Waals surface area contributed by atoms with Crippen molar-refractivity contribution >= 4 is 21.7 Å². The predicted molar refractivity (Wildman–Crippen MR) is 86.4 cm³/mol. The zero-order chi connectivity index (χ0) is 15.4. The highest BCUT2D eigenvalue weighted by molar-refractivity contribution is 9.10. The molecule has 2 aromatic rings. The maximum atomic E-state index is 9.75. The van der Waals surface area contributed by atoms with E-state index in [2.05, 4.69) is 32.8 Å². The summed E-state index contributed by atoms with van der Waals surface area (Å²) in [5, 5.41) is 9.75. The molecule has 0 radical (unpaired) electrons. The molecule has 0 aliphatic heterocycles. The van der Waals surface area contributed by atoms with Gasteiger partial charge in [0.15, 0.2) is 17.3 Å². The first-order chi connectivity index (χ1) is 10.1. The van der Waals surface area contributed by atoms with E-state index in [4.69, 9.17) is 10.5 Å². The molecule has 0 amide bonds. The van der Waals surface area contributed by atoms with Crippen molar-refractivity contribution in [2.45, 2.75) is 26.7 Å². The molecule has 0 atom stereocenters. The zero-order valence-electron chi connectivity index (χ0n) is 12.1. The van der Waals surface area contributed by atoms with Gasteiger partial charge in [-0.05, 0) is 47.5 Å². The van der Waals surface area contributed by atoms with Crippen molar-refractivity contribution in [2.24, 2.45) is 0 Å². The van der Waals surface area contributed by atoms with Crippen LogP contribution in [0.2, 0.25) is 0 Å². The number of aromatic hydroxyl groups is 1. The Kier molecular flexibility index (Phi) is 5.01. The maximum Gasteiger partial charge on any atom is 0.161 e. The number of rotatable bonds is 5. The van der Waals surface area contributed by atoms with Gasteiger partial charge in [-0.3, -0.25) is 0 Å². The Labute approximate surface area is 132 Å². The van der Waals surface area contributed by atoms with E-state index in [0.29, 0.717) is 24.0 Å². The van der Waals surface area contributed by atoms with E-state index < -0.39 is 0 Å². The van der Waals surface area contributed by atoms with Gasteiger partial charge in [0.2, 0.25) is 0 Å². The molecule has 0 fully saturated rings. The van der Waals surface area contributed by atoms with Crippen LogP contribution >= 0.6 is 15.9 Å². The summed E-state index contributed by atoms with van der Waals surface area (Å²) in [6, 6.07) is 5.04.